The van der Waals surface area contributed by atoms with Crippen LogP contribution in [-0.4, -0.2) is 27.4 Å². The topological polar surface area (TPSA) is 59.8 Å². The number of halogens is 3. The van der Waals surface area contributed by atoms with E-state index in [-0.39, 0.29) is 12.1 Å². The highest BCUT2D eigenvalue weighted by molar-refractivity contribution is 5.94. The van der Waals surface area contributed by atoms with Crippen LogP contribution in [0.15, 0.2) is 24.5 Å². The molecule has 0 aliphatic rings. The van der Waals surface area contributed by atoms with Crippen LogP contribution in [0.3, 0.4) is 0 Å². The standard InChI is InChI=1S/C11H9F3N4O/c12-8-5-7(6-9(13)10(8)14)11(19)15-1-3-18-4-2-16-17-18/h2,4-6H,1,3H2,(H,15,19). The molecule has 1 N–H and O–H groups in total. The summed E-state index contributed by atoms with van der Waals surface area (Å²) in [6.07, 6.45) is 3.08. The van der Waals surface area contributed by atoms with Crippen LogP contribution in [-0.2, 0) is 6.54 Å². The molecule has 1 aromatic carbocycles. The molecule has 0 aliphatic heterocycles. The zero-order valence-electron chi connectivity index (χ0n) is 9.61. The third kappa shape index (κ3) is 3.09. The number of rotatable bonds is 4. The number of benzene rings is 1. The lowest BCUT2D eigenvalue weighted by Crippen LogP contribution is -2.27. The first-order valence-electron chi connectivity index (χ1n) is 5.35. The van der Waals surface area contributed by atoms with E-state index in [9.17, 15) is 18.0 Å². The molecule has 2 rings (SSSR count). The fourth-order valence-electron chi connectivity index (χ4n) is 1.42. The van der Waals surface area contributed by atoms with Crippen LogP contribution in [0.5, 0.6) is 0 Å². The predicted octanol–water partition coefficient (Wildman–Crippen LogP) is 1.13. The van der Waals surface area contributed by atoms with E-state index in [1.54, 1.807) is 6.20 Å². The third-order valence-electron chi connectivity index (χ3n) is 2.34. The van der Waals surface area contributed by atoms with Crippen LogP contribution in [0.25, 0.3) is 0 Å². The first kappa shape index (κ1) is 13.1. The zero-order valence-corrected chi connectivity index (χ0v) is 9.61. The normalized spacial score (nSPS) is 10.5. The molecule has 19 heavy (non-hydrogen) atoms. The minimum Gasteiger partial charge on any atom is -0.350 e. The van der Waals surface area contributed by atoms with Crippen molar-refractivity contribution in [3.63, 3.8) is 0 Å². The van der Waals surface area contributed by atoms with Gasteiger partial charge in [-0.1, -0.05) is 5.21 Å². The maximum absolute atomic E-state index is 12.9. The number of amides is 1. The third-order valence-corrected chi connectivity index (χ3v) is 2.34. The van der Waals surface area contributed by atoms with Crippen molar-refractivity contribution in [2.24, 2.45) is 0 Å². The Balaban J connectivity index is 1.96. The summed E-state index contributed by atoms with van der Waals surface area (Å²) in [6.45, 7) is 0.556. The van der Waals surface area contributed by atoms with Crippen LogP contribution in [0, 0.1) is 17.5 Å². The molecule has 1 aromatic heterocycles. The number of nitrogens with one attached hydrogen (secondary N) is 1. The minimum atomic E-state index is -1.60. The Bertz CT molecular complexity index is 563. The lowest BCUT2D eigenvalue weighted by atomic mass is 10.2. The first-order chi connectivity index (χ1) is 9.08. The molecule has 0 aliphatic carbocycles. The second-order valence-electron chi connectivity index (χ2n) is 3.68. The van der Waals surface area contributed by atoms with E-state index >= 15 is 0 Å². The van der Waals surface area contributed by atoms with Crippen LogP contribution in [0.1, 0.15) is 10.4 Å². The van der Waals surface area contributed by atoms with E-state index in [2.05, 4.69) is 15.6 Å². The van der Waals surface area contributed by atoms with Crippen LogP contribution >= 0.6 is 0 Å². The van der Waals surface area contributed by atoms with Gasteiger partial charge >= 0.3 is 0 Å². The molecule has 1 heterocycles. The van der Waals surface area contributed by atoms with E-state index < -0.39 is 23.4 Å². The van der Waals surface area contributed by atoms with Gasteiger partial charge in [0.2, 0.25) is 0 Å². The van der Waals surface area contributed by atoms with E-state index in [0.717, 1.165) is 0 Å². The summed E-state index contributed by atoms with van der Waals surface area (Å²) in [5.41, 5.74) is -0.282. The lowest BCUT2D eigenvalue weighted by molar-refractivity contribution is 0.0950. The van der Waals surface area contributed by atoms with Crippen LogP contribution < -0.4 is 5.32 Å². The number of carbonyl (C=O) groups is 1. The van der Waals surface area contributed by atoms with Crippen molar-refractivity contribution >= 4 is 5.91 Å². The van der Waals surface area contributed by atoms with Gasteiger partial charge in [0, 0.05) is 18.3 Å². The van der Waals surface area contributed by atoms with Crippen LogP contribution in [0.4, 0.5) is 13.2 Å². The smallest absolute Gasteiger partial charge is 0.251 e. The molecule has 0 bridgehead atoms. The van der Waals surface area contributed by atoms with Gasteiger partial charge in [0.1, 0.15) is 0 Å². The predicted molar refractivity (Wildman–Crippen MR) is 58.7 cm³/mol. The fraction of sp³-hybridized carbons (Fsp3) is 0.182. The molecule has 0 unspecified atom stereocenters. The second kappa shape index (κ2) is 5.51. The summed E-state index contributed by atoms with van der Waals surface area (Å²) in [5, 5.41) is 9.67. The average molecular weight is 270 g/mol. The molecule has 100 valence electrons. The number of aromatic nitrogens is 3. The van der Waals surface area contributed by atoms with E-state index in [0.29, 0.717) is 18.7 Å². The molecule has 0 atom stereocenters. The van der Waals surface area contributed by atoms with Crippen molar-refractivity contribution in [1.29, 1.82) is 0 Å². The monoisotopic (exact) mass is 270 g/mol. The molecule has 8 heteroatoms. The van der Waals surface area contributed by atoms with Crippen molar-refractivity contribution in [2.45, 2.75) is 6.54 Å². The highest BCUT2D eigenvalue weighted by Gasteiger charge is 2.14. The van der Waals surface area contributed by atoms with Crippen molar-refractivity contribution in [3.8, 4) is 0 Å². The van der Waals surface area contributed by atoms with Crippen LogP contribution in [0.2, 0.25) is 0 Å². The van der Waals surface area contributed by atoms with E-state index in [4.69, 9.17) is 0 Å². The Morgan fingerprint density at radius 3 is 2.53 bits per heavy atom. The number of hydrogen-bond acceptors (Lipinski definition) is 3. The fourth-order valence-corrected chi connectivity index (χ4v) is 1.42. The van der Waals surface area contributed by atoms with Gasteiger partial charge in [0.25, 0.3) is 5.91 Å². The molecule has 0 spiro atoms. The molecule has 0 radical (unpaired) electrons. The average Bonchev–Trinajstić information content (AvgIpc) is 2.88. The molecule has 2 aromatic rings. The zero-order chi connectivity index (χ0) is 13.8. The van der Waals surface area contributed by atoms with Gasteiger partial charge in [-0.15, -0.1) is 5.10 Å². The Morgan fingerprint density at radius 1 is 1.26 bits per heavy atom. The van der Waals surface area contributed by atoms with Gasteiger partial charge in [-0.2, -0.15) is 0 Å². The SMILES string of the molecule is O=C(NCCn1ccnn1)c1cc(F)c(F)c(F)c1. The van der Waals surface area contributed by atoms with E-state index in [1.165, 1.54) is 10.9 Å². The second-order valence-corrected chi connectivity index (χ2v) is 3.68. The van der Waals surface area contributed by atoms with Crippen molar-refractivity contribution < 1.29 is 18.0 Å². The Morgan fingerprint density at radius 2 is 1.95 bits per heavy atom. The van der Waals surface area contributed by atoms with Crippen molar-refractivity contribution in [2.75, 3.05) is 6.54 Å². The quantitative estimate of drug-likeness (QED) is 0.847. The highest BCUT2D eigenvalue weighted by atomic mass is 19.2. The minimum absolute atomic E-state index is 0.197. The molecular weight excluding hydrogens is 261 g/mol. The maximum atomic E-state index is 12.9. The lowest BCUT2D eigenvalue weighted by Gasteiger charge is -2.06. The highest BCUT2D eigenvalue weighted by Crippen LogP contribution is 2.13. The number of hydrogen-bond donors (Lipinski definition) is 1. The summed E-state index contributed by atoms with van der Waals surface area (Å²) in [5.74, 6) is -5.10. The van der Waals surface area contributed by atoms with E-state index in [1.807, 2.05) is 0 Å². The molecule has 1 amide bonds. The van der Waals surface area contributed by atoms with Crippen molar-refractivity contribution in [3.05, 3.63) is 47.5 Å². The molecule has 5 nitrogen and oxygen atoms in total. The number of carbonyl (C=O) groups excluding carboxylic acids is 1. The molecular formula is C11H9F3N4O. The summed E-state index contributed by atoms with van der Waals surface area (Å²) < 4.78 is 40.0. The first-order valence-corrected chi connectivity index (χ1v) is 5.35. The number of nitrogens with zero attached hydrogens (tertiary/aromatic N) is 3. The molecule has 0 fully saturated rings. The van der Waals surface area contributed by atoms with Gasteiger partial charge in [0.15, 0.2) is 17.5 Å². The maximum Gasteiger partial charge on any atom is 0.251 e. The Hall–Kier alpha value is -2.38. The summed E-state index contributed by atoms with van der Waals surface area (Å²) in [6, 6.07) is 1.28. The summed E-state index contributed by atoms with van der Waals surface area (Å²) in [4.78, 5) is 11.6. The van der Waals surface area contributed by atoms with Gasteiger partial charge < -0.3 is 5.32 Å². The Kier molecular flexibility index (Phi) is 3.79. The van der Waals surface area contributed by atoms with Gasteiger partial charge in [-0.25, -0.2) is 13.2 Å². The summed E-state index contributed by atoms with van der Waals surface area (Å²) >= 11 is 0. The van der Waals surface area contributed by atoms with Gasteiger partial charge in [-0.3, -0.25) is 9.48 Å². The molecule has 0 saturated heterocycles. The Labute approximate surface area is 106 Å². The van der Waals surface area contributed by atoms with Gasteiger partial charge in [-0.05, 0) is 12.1 Å². The molecule has 0 saturated carbocycles. The van der Waals surface area contributed by atoms with Gasteiger partial charge in [0.05, 0.1) is 12.7 Å². The summed E-state index contributed by atoms with van der Waals surface area (Å²) in [7, 11) is 0. The largest absolute Gasteiger partial charge is 0.350 e. The van der Waals surface area contributed by atoms with Crippen molar-refractivity contribution in [1.82, 2.24) is 20.3 Å².